The number of nitrogens with one attached hydrogen (secondary N) is 10. The number of rotatable bonds is 33. The van der Waals surface area contributed by atoms with Gasteiger partial charge >= 0.3 is 0 Å². The summed E-state index contributed by atoms with van der Waals surface area (Å²) >= 11 is 0. The van der Waals surface area contributed by atoms with Crippen molar-refractivity contribution in [3.63, 3.8) is 0 Å². The third-order valence-electron chi connectivity index (χ3n) is 17.0. The number of aromatic amines is 2. The molecule has 0 spiro atoms. The van der Waals surface area contributed by atoms with Gasteiger partial charge in [0.25, 0.3) is 0 Å². The predicted octanol–water partition coefficient (Wildman–Crippen LogP) is -1.28. The van der Waals surface area contributed by atoms with Crippen molar-refractivity contribution in [2.75, 3.05) is 33.3 Å². The monoisotopic (exact) mass is 1340 g/mol. The molecule has 2 fully saturated rings. The molecule has 30 heteroatoms. The summed E-state index contributed by atoms with van der Waals surface area (Å²) in [7, 11) is 1.34. The fourth-order valence-electron chi connectivity index (χ4n) is 11.9. The number of imidazole rings is 1. The van der Waals surface area contributed by atoms with Gasteiger partial charge in [-0.15, -0.1) is 0 Å². The lowest BCUT2D eigenvalue weighted by Crippen LogP contribution is -2.62. The second-order valence-corrected chi connectivity index (χ2v) is 24.7. The molecule has 2 aliphatic heterocycles. The van der Waals surface area contributed by atoms with E-state index in [4.69, 9.17) is 17.2 Å². The SMILES string of the molecule is CC(C)C[C@H](NC(=O)[C@@H](Cc1ccc2ccccc2c1)N(C)C(=O)[C@H](Cc1ccc(O)cc1)NC(=O)[C@H](CO)NC(=O)[C@H](Cc1c[nH]c2ccccc12)NC(=O)[C@H](Cc1cnc[nH]1)NC(=O)[C@@H]1CCC(=O)N1)C(=O)N[C@@H](CCCN=C(N)N)C(=O)N1CCC[C@H]1C(=O)NCC(N)=O. The van der Waals surface area contributed by atoms with Crippen LogP contribution in [0.3, 0.4) is 0 Å². The maximum atomic E-state index is 15.5. The highest BCUT2D eigenvalue weighted by Crippen LogP contribution is 2.24. The Morgan fingerprint density at radius 3 is 2.03 bits per heavy atom. The van der Waals surface area contributed by atoms with Crippen LogP contribution in [0.5, 0.6) is 5.75 Å². The van der Waals surface area contributed by atoms with Crippen molar-refractivity contribution in [3.05, 3.63) is 132 Å². The van der Waals surface area contributed by atoms with Gasteiger partial charge in [0.1, 0.15) is 60.1 Å². The number of guanidine groups is 1. The Labute approximate surface area is 558 Å². The lowest BCUT2D eigenvalue weighted by molar-refractivity contribution is -0.144. The van der Waals surface area contributed by atoms with Crippen LogP contribution in [0.15, 0.2) is 115 Å². The molecule has 2 aromatic heterocycles. The Kier molecular flexibility index (Phi) is 25.2. The predicted molar refractivity (Wildman–Crippen MR) is 356 cm³/mol. The summed E-state index contributed by atoms with van der Waals surface area (Å²) in [5.74, 6) is -8.86. The van der Waals surface area contributed by atoms with E-state index in [9.17, 15) is 53.4 Å². The van der Waals surface area contributed by atoms with Gasteiger partial charge in [0.15, 0.2) is 5.96 Å². The number of hydrogen-bond donors (Lipinski definition) is 15. The van der Waals surface area contributed by atoms with Gasteiger partial charge in [-0.25, -0.2) is 4.98 Å². The molecule has 0 aliphatic carbocycles. The molecule has 0 saturated carbocycles. The van der Waals surface area contributed by atoms with Crippen LogP contribution in [-0.4, -0.2) is 194 Å². The molecule has 30 nitrogen and oxygen atoms in total. The minimum Gasteiger partial charge on any atom is -0.508 e. The molecule has 18 N–H and O–H groups in total. The molecular weight excluding hydrogens is 1250 g/mol. The summed E-state index contributed by atoms with van der Waals surface area (Å²) in [5.41, 5.74) is 19.2. The third-order valence-corrected chi connectivity index (χ3v) is 17.0. The number of likely N-dealkylation sites (tertiary alicyclic amines) is 1. The van der Waals surface area contributed by atoms with Crippen LogP contribution in [-0.2, 0) is 78.4 Å². The molecule has 2 aliphatic rings. The van der Waals surface area contributed by atoms with E-state index in [0.717, 1.165) is 15.7 Å². The van der Waals surface area contributed by atoms with Crippen molar-refractivity contribution >= 4 is 92.6 Å². The van der Waals surface area contributed by atoms with Gasteiger partial charge < -0.3 is 89.7 Å². The first-order valence-electron chi connectivity index (χ1n) is 32.1. The molecule has 11 amide bonds. The topological polar surface area (TPSA) is 466 Å². The number of nitrogens with zero attached hydrogens (tertiary/aromatic N) is 4. The van der Waals surface area contributed by atoms with E-state index in [0.29, 0.717) is 39.7 Å². The maximum absolute atomic E-state index is 15.5. The number of benzene rings is 4. The molecule has 0 unspecified atom stereocenters. The van der Waals surface area contributed by atoms with E-state index in [2.05, 4.69) is 62.5 Å². The average Bonchev–Trinajstić information content (AvgIpc) is 1.85. The Balaban J connectivity index is 1.07. The van der Waals surface area contributed by atoms with Crippen molar-refractivity contribution in [2.45, 2.75) is 139 Å². The normalized spacial score (nSPS) is 16.5. The number of nitrogens with two attached hydrogens (primary N) is 3. The van der Waals surface area contributed by atoms with Gasteiger partial charge in [-0.05, 0) is 90.1 Å². The highest BCUT2D eigenvalue weighted by Gasteiger charge is 2.41. The number of hydrogen-bond acceptors (Lipinski definition) is 15. The van der Waals surface area contributed by atoms with E-state index in [1.54, 1.807) is 30.5 Å². The minimum atomic E-state index is -1.80. The number of phenolic OH excluding ortho intramolecular Hbond substituents is 1. The molecule has 516 valence electrons. The van der Waals surface area contributed by atoms with Crippen molar-refractivity contribution in [3.8, 4) is 5.75 Å². The number of H-pyrrole nitrogens is 2. The zero-order valence-corrected chi connectivity index (χ0v) is 54.2. The highest BCUT2D eigenvalue weighted by molar-refractivity contribution is 6.00. The van der Waals surface area contributed by atoms with Crippen molar-refractivity contribution in [2.24, 2.45) is 28.1 Å². The molecule has 9 atom stereocenters. The minimum absolute atomic E-state index is 0.00648. The van der Waals surface area contributed by atoms with Crippen molar-refractivity contribution in [1.29, 1.82) is 0 Å². The summed E-state index contributed by atoms with van der Waals surface area (Å²) in [6.45, 7) is 2.36. The van der Waals surface area contributed by atoms with Crippen LogP contribution < -0.4 is 59.7 Å². The fraction of sp³-hybridized carbons (Fsp3) is 0.418. The van der Waals surface area contributed by atoms with Crippen LogP contribution in [0.4, 0.5) is 0 Å². The molecule has 8 rings (SSSR count). The summed E-state index contributed by atoms with van der Waals surface area (Å²) in [6.07, 6.45) is 4.94. The second-order valence-electron chi connectivity index (χ2n) is 24.7. The van der Waals surface area contributed by atoms with Crippen molar-refractivity contribution < 1.29 is 63.0 Å². The van der Waals surface area contributed by atoms with Gasteiger partial charge in [0, 0.05) is 81.2 Å². The molecule has 97 heavy (non-hydrogen) atoms. The van der Waals surface area contributed by atoms with E-state index < -0.39 is 127 Å². The Morgan fingerprint density at radius 2 is 1.35 bits per heavy atom. The number of primary amides is 1. The Morgan fingerprint density at radius 1 is 0.701 bits per heavy atom. The van der Waals surface area contributed by atoms with Crippen LogP contribution >= 0.6 is 0 Å². The molecule has 4 aromatic carbocycles. The highest BCUT2D eigenvalue weighted by atomic mass is 16.3. The third kappa shape index (κ3) is 20.1. The van der Waals surface area contributed by atoms with Gasteiger partial charge in [0.2, 0.25) is 65.0 Å². The molecule has 6 aromatic rings. The molecule has 2 saturated heterocycles. The number of phenols is 1. The van der Waals surface area contributed by atoms with Crippen LogP contribution in [0.2, 0.25) is 0 Å². The first kappa shape index (κ1) is 71.9. The number of likely N-dealkylation sites (N-methyl/N-ethyl adjacent to an activating group) is 1. The van der Waals surface area contributed by atoms with Crippen LogP contribution in [0.1, 0.15) is 81.2 Å². The number of aliphatic hydroxyl groups is 1. The summed E-state index contributed by atoms with van der Waals surface area (Å²) in [4.78, 5) is 171. The van der Waals surface area contributed by atoms with E-state index in [-0.39, 0.29) is 101 Å². The number of aromatic nitrogens is 3. The molecule has 0 bridgehead atoms. The average molecular weight is 1340 g/mol. The van der Waals surface area contributed by atoms with Gasteiger partial charge in [0.05, 0.1) is 19.5 Å². The number of aliphatic hydroxyl groups excluding tert-OH is 1. The fourth-order valence-corrected chi connectivity index (χ4v) is 11.9. The first-order chi connectivity index (χ1) is 46.4. The number of amides is 11. The molecule has 0 radical (unpaired) electrons. The standard InChI is InChI=1S/C67H85N17O13/c1-37(2)26-49(59(90)77-48(14-8-24-72-67(69)70)66(97)84-25-9-15-54(84)63(94)74-34-56(68)87)80-64(95)55(29-39-16-19-40-10-4-5-11-41(40)27-39)83(3)65(96)52(28-38-17-20-44(86)21-18-38)81-62(93)53(35-85)82-60(91)50(30-42-32-73-46-13-7-6-12-45(42)46)78-61(92)51(31-43-33-71-36-75-43)79-58(89)47-22-23-57(88)76-47/h4-7,10-13,16-21,27,32-33,36-37,47-55,73,85-86H,8-9,14-15,22-26,28-31,34-35H2,1-3H3,(H2,68,87)(H,71,75)(H,74,94)(H,76,88)(H,77,90)(H,78,92)(H,79,89)(H,80,95)(H,81,93)(H,82,91)(H4,69,70,72)/t47-,48-,49-,50-,51-,52-,53-,54-,55+/m0/s1. The first-order valence-corrected chi connectivity index (χ1v) is 32.1. The number of fused-ring (bicyclic) bond motifs is 2. The van der Waals surface area contributed by atoms with E-state index in [1.165, 1.54) is 48.7 Å². The zero-order valence-electron chi connectivity index (χ0n) is 54.2. The number of aromatic hydroxyl groups is 1. The summed E-state index contributed by atoms with van der Waals surface area (Å²) in [5, 5.41) is 45.0. The van der Waals surface area contributed by atoms with Gasteiger partial charge in [-0.1, -0.05) is 86.6 Å². The largest absolute Gasteiger partial charge is 0.508 e. The van der Waals surface area contributed by atoms with Gasteiger partial charge in [-0.3, -0.25) is 57.7 Å². The quantitative estimate of drug-likeness (QED) is 0.0130. The van der Waals surface area contributed by atoms with Crippen LogP contribution in [0, 0.1) is 5.92 Å². The van der Waals surface area contributed by atoms with Gasteiger partial charge in [-0.2, -0.15) is 0 Å². The maximum Gasteiger partial charge on any atom is 0.245 e. The molecular formula is C67H85N17O13. The Bertz CT molecular complexity index is 3840. The second kappa shape index (κ2) is 34.0. The number of para-hydroxylation sites is 1. The van der Waals surface area contributed by atoms with Crippen LogP contribution in [0.25, 0.3) is 21.7 Å². The lowest BCUT2D eigenvalue weighted by atomic mass is 9.97. The lowest BCUT2D eigenvalue weighted by Gasteiger charge is -2.33. The van der Waals surface area contributed by atoms with E-state index >= 15 is 9.59 Å². The van der Waals surface area contributed by atoms with Crippen molar-refractivity contribution in [1.82, 2.24) is 67.3 Å². The summed E-state index contributed by atoms with van der Waals surface area (Å²) < 4.78 is 0. The van der Waals surface area contributed by atoms with E-state index in [1.807, 2.05) is 56.3 Å². The number of aliphatic imine (C=N–C) groups is 1. The number of carbonyl (C=O) groups is 11. The smallest absolute Gasteiger partial charge is 0.245 e. The Hall–Kier alpha value is -10.9. The summed E-state index contributed by atoms with van der Waals surface area (Å²) in [6, 6.07) is 13.7. The zero-order chi connectivity index (χ0) is 69.9. The molecule has 4 heterocycles. The number of carbonyl (C=O) groups excluding carboxylic acids is 11.